The number of carboxylic acid groups (broad SMARTS) is 1. The van der Waals surface area contributed by atoms with Gasteiger partial charge in [0.2, 0.25) is 17.5 Å². The number of nitrogens with two attached hydrogens (primary N) is 1. The molecule has 2 aliphatic rings. The lowest BCUT2D eigenvalue weighted by atomic mass is 10.0. The van der Waals surface area contributed by atoms with Gasteiger partial charge in [0.15, 0.2) is 17.3 Å². The SMILES string of the molecule is CN1CC=NC1c1cc(N2CCNC(=O)C2CC(=O)O)ccc1Oc1c(F)cnc(Oc2cc(C(=N)N)ccc2O)c1F. The smallest absolute Gasteiger partial charge is 0.305 e. The average molecular weight is 596 g/mol. The van der Waals surface area contributed by atoms with E-state index in [1.165, 1.54) is 24.3 Å². The molecule has 1 fully saturated rings. The molecule has 13 nitrogen and oxygen atoms in total. The number of amides is 1. The van der Waals surface area contributed by atoms with E-state index in [9.17, 15) is 24.2 Å². The van der Waals surface area contributed by atoms with E-state index in [0.717, 1.165) is 0 Å². The van der Waals surface area contributed by atoms with Crippen LogP contribution in [0.5, 0.6) is 28.9 Å². The lowest BCUT2D eigenvalue weighted by Gasteiger charge is -2.36. The Balaban J connectivity index is 1.52. The molecule has 0 saturated carbocycles. The Morgan fingerprint density at radius 1 is 1.21 bits per heavy atom. The Morgan fingerprint density at radius 2 is 2.00 bits per heavy atom. The van der Waals surface area contributed by atoms with Crippen LogP contribution in [0.1, 0.15) is 23.7 Å². The van der Waals surface area contributed by atoms with E-state index in [-0.39, 0.29) is 22.9 Å². The minimum atomic E-state index is -1.31. The van der Waals surface area contributed by atoms with E-state index in [4.69, 9.17) is 20.6 Å². The Labute approximate surface area is 243 Å². The summed E-state index contributed by atoms with van der Waals surface area (Å²) in [6, 6.07) is 7.45. The Morgan fingerprint density at radius 3 is 2.70 bits per heavy atom. The number of benzene rings is 2. The van der Waals surface area contributed by atoms with Crippen LogP contribution in [0.3, 0.4) is 0 Å². The highest BCUT2D eigenvalue weighted by Gasteiger charge is 2.33. The van der Waals surface area contributed by atoms with Crippen molar-refractivity contribution in [1.29, 1.82) is 5.41 Å². The summed E-state index contributed by atoms with van der Waals surface area (Å²) < 4.78 is 41.7. The fourth-order valence-electron chi connectivity index (χ4n) is 4.78. The summed E-state index contributed by atoms with van der Waals surface area (Å²) in [4.78, 5) is 35.6. The summed E-state index contributed by atoms with van der Waals surface area (Å²) in [7, 11) is 1.79. The number of nitrogen functional groups attached to an aromatic ring is 1. The van der Waals surface area contributed by atoms with Crippen LogP contribution in [-0.2, 0) is 9.59 Å². The van der Waals surface area contributed by atoms with E-state index in [1.807, 2.05) is 4.90 Å². The third kappa shape index (κ3) is 6.01. The second-order valence-corrected chi connectivity index (χ2v) is 9.82. The van der Waals surface area contributed by atoms with Crippen LogP contribution in [-0.4, -0.2) is 76.7 Å². The highest BCUT2D eigenvalue weighted by Crippen LogP contribution is 2.41. The second-order valence-electron chi connectivity index (χ2n) is 9.82. The number of aliphatic imine (C=N–C) groups is 1. The maximum atomic E-state index is 15.6. The maximum absolute atomic E-state index is 15.6. The number of rotatable bonds is 9. The zero-order chi connectivity index (χ0) is 30.8. The number of carboxylic acids is 1. The van der Waals surface area contributed by atoms with Gasteiger partial charge >= 0.3 is 5.97 Å². The van der Waals surface area contributed by atoms with Crippen LogP contribution in [0.2, 0.25) is 0 Å². The number of aromatic nitrogens is 1. The molecule has 3 heterocycles. The van der Waals surface area contributed by atoms with Crippen molar-refractivity contribution in [3.8, 4) is 28.9 Å². The number of carbonyl (C=O) groups excluding carboxylic acids is 1. The first kappa shape index (κ1) is 29.2. The molecule has 1 saturated heterocycles. The van der Waals surface area contributed by atoms with Gasteiger partial charge in [0.05, 0.1) is 12.6 Å². The summed E-state index contributed by atoms with van der Waals surface area (Å²) in [5, 5.41) is 29.8. The lowest BCUT2D eigenvalue weighted by molar-refractivity contribution is -0.139. The van der Waals surface area contributed by atoms with Gasteiger partial charge in [-0.1, -0.05) is 0 Å². The summed E-state index contributed by atoms with van der Waals surface area (Å²) >= 11 is 0. The number of carbonyl (C=O) groups is 2. The van der Waals surface area contributed by atoms with E-state index in [2.05, 4.69) is 15.3 Å². The monoisotopic (exact) mass is 595 g/mol. The number of hydrogen-bond donors (Lipinski definition) is 5. The van der Waals surface area contributed by atoms with Crippen molar-refractivity contribution in [3.63, 3.8) is 0 Å². The van der Waals surface area contributed by atoms with Crippen LogP contribution in [0, 0.1) is 17.0 Å². The molecular formula is C28H27F2N7O6. The van der Waals surface area contributed by atoms with Gasteiger partial charge in [0.25, 0.3) is 5.88 Å². The molecule has 2 aromatic carbocycles. The van der Waals surface area contributed by atoms with Gasteiger partial charge in [-0.3, -0.25) is 24.9 Å². The highest BCUT2D eigenvalue weighted by atomic mass is 19.1. The Kier molecular flexibility index (Phi) is 8.07. The van der Waals surface area contributed by atoms with Crippen molar-refractivity contribution in [3.05, 3.63) is 65.4 Å². The third-order valence-corrected chi connectivity index (χ3v) is 6.92. The van der Waals surface area contributed by atoms with Crippen LogP contribution >= 0.6 is 0 Å². The van der Waals surface area contributed by atoms with Crippen LogP contribution < -0.4 is 25.4 Å². The number of pyridine rings is 1. The Hall–Kier alpha value is -5.31. The van der Waals surface area contributed by atoms with Gasteiger partial charge in [-0.05, 0) is 43.4 Å². The summed E-state index contributed by atoms with van der Waals surface area (Å²) in [5.74, 6) is -6.53. The number of phenolic OH excluding ortho intramolecular Hbond substituents is 1. The molecule has 15 heteroatoms. The number of aromatic hydroxyl groups is 1. The van der Waals surface area contributed by atoms with Gasteiger partial charge in [0.1, 0.15) is 23.8 Å². The van der Waals surface area contributed by atoms with Crippen LogP contribution in [0.25, 0.3) is 0 Å². The first-order valence-electron chi connectivity index (χ1n) is 13.0. The molecule has 2 atom stereocenters. The molecular weight excluding hydrogens is 568 g/mol. The maximum Gasteiger partial charge on any atom is 0.305 e. The molecule has 1 aromatic heterocycles. The summed E-state index contributed by atoms with van der Waals surface area (Å²) in [5.41, 5.74) is 6.57. The number of phenols is 1. The van der Waals surface area contributed by atoms with Crippen LogP contribution in [0.15, 0.2) is 47.6 Å². The number of aliphatic carboxylic acids is 1. The zero-order valence-corrected chi connectivity index (χ0v) is 22.8. The molecule has 0 aliphatic carbocycles. The molecule has 43 heavy (non-hydrogen) atoms. The van der Waals surface area contributed by atoms with E-state index in [0.29, 0.717) is 37.1 Å². The molecule has 2 unspecified atom stereocenters. The van der Waals surface area contributed by atoms with Crippen molar-refractivity contribution in [2.45, 2.75) is 18.6 Å². The zero-order valence-electron chi connectivity index (χ0n) is 22.8. The summed E-state index contributed by atoms with van der Waals surface area (Å²) in [6.07, 6.45) is 1.32. The van der Waals surface area contributed by atoms with Gasteiger partial charge in [0, 0.05) is 42.7 Å². The van der Waals surface area contributed by atoms with E-state index in [1.54, 1.807) is 30.3 Å². The molecule has 5 rings (SSSR count). The first-order chi connectivity index (χ1) is 20.5. The van der Waals surface area contributed by atoms with Gasteiger partial charge in [-0.2, -0.15) is 4.39 Å². The Bertz CT molecular complexity index is 1640. The number of anilines is 1. The predicted molar refractivity (Wildman–Crippen MR) is 150 cm³/mol. The minimum absolute atomic E-state index is 0.0345. The van der Waals surface area contributed by atoms with Crippen molar-refractivity contribution in [2.75, 3.05) is 31.6 Å². The normalized spacial score (nSPS) is 18.4. The first-order valence-corrected chi connectivity index (χ1v) is 13.0. The van der Waals surface area contributed by atoms with Crippen molar-refractivity contribution < 1.29 is 38.1 Å². The minimum Gasteiger partial charge on any atom is -0.504 e. The van der Waals surface area contributed by atoms with E-state index < -0.39 is 59.5 Å². The number of nitrogens with one attached hydrogen (secondary N) is 2. The molecule has 0 bridgehead atoms. The van der Waals surface area contributed by atoms with Gasteiger partial charge in [-0.25, -0.2) is 9.37 Å². The number of ether oxygens (including phenoxy) is 2. The average Bonchev–Trinajstić information content (AvgIpc) is 3.40. The van der Waals surface area contributed by atoms with Crippen molar-refractivity contribution in [1.82, 2.24) is 15.2 Å². The van der Waals surface area contributed by atoms with Crippen molar-refractivity contribution in [2.24, 2.45) is 10.7 Å². The van der Waals surface area contributed by atoms with Gasteiger partial charge in [-0.15, -0.1) is 0 Å². The number of halogens is 2. The fourth-order valence-corrected chi connectivity index (χ4v) is 4.78. The number of hydrogen-bond acceptors (Lipinski definition) is 10. The number of amidine groups is 1. The molecule has 3 aromatic rings. The molecule has 0 radical (unpaired) electrons. The van der Waals surface area contributed by atoms with Crippen molar-refractivity contribution >= 4 is 29.6 Å². The molecule has 224 valence electrons. The molecule has 1 amide bonds. The van der Waals surface area contributed by atoms with Crippen LogP contribution in [0.4, 0.5) is 14.5 Å². The summed E-state index contributed by atoms with van der Waals surface area (Å²) in [6.45, 7) is 1.12. The fraction of sp³-hybridized carbons (Fsp3) is 0.250. The quantitative estimate of drug-likeness (QED) is 0.182. The highest BCUT2D eigenvalue weighted by molar-refractivity contribution is 5.95. The number of piperazine rings is 1. The number of nitrogens with zero attached hydrogens (tertiary/aromatic N) is 4. The van der Waals surface area contributed by atoms with E-state index >= 15 is 4.39 Å². The topological polar surface area (TPSA) is 187 Å². The largest absolute Gasteiger partial charge is 0.504 e. The molecule has 6 N–H and O–H groups in total. The molecule has 0 spiro atoms. The predicted octanol–water partition coefficient (Wildman–Crippen LogP) is 2.73. The standard InChI is InChI=1S/C28H27F2N7O6/c1-36-8-6-33-26(36)16-11-15(37-9-7-34-27(41)18(37)12-22(39)40)3-5-20(16)42-24-17(29)13-35-28(23(24)30)43-21-10-14(25(31)32)2-4-19(21)38/h2-6,10-11,13,18,26,38H,7-9,12H2,1H3,(H3,31,32)(H,34,41)(H,39,40). The second kappa shape index (κ2) is 11.9. The van der Waals surface area contributed by atoms with Gasteiger partial charge < -0.3 is 35.6 Å². The third-order valence-electron chi connectivity index (χ3n) is 6.92. The molecule has 2 aliphatic heterocycles. The lowest BCUT2D eigenvalue weighted by Crippen LogP contribution is -2.56.